The van der Waals surface area contributed by atoms with E-state index in [4.69, 9.17) is 4.42 Å². The summed E-state index contributed by atoms with van der Waals surface area (Å²) in [5.74, 6) is 0.432. The lowest BCUT2D eigenvalue weighted by molar-refractivity contribution is 0.467. The number of anilines is 1. The molecule has 2 aromatic heterocycles. The molecule has 1 aromatic carbocycles. The van der Waals surface area contributed by atoms with Gasteiger partial charge in [-0.3, -0.25) is 4.79 Å². The summed E-state index contributed by atoms with van der Waals surface area (Å²) < 4.78 is 7.51. The zero-order chi connectivity index (χ0) is 16.7. The largest absolute Gasteiger partial charge is 0.423 e. The minimum atomic E-state index is 0.0595. The van der Waals surface area contributed by atoms with Gasteiger partial charge in [-0.15, -0.1) is 0 Å². The quantitative estimate of drug-likeness (QED) is 0.726. The molecule has 0 spiro atoms. The number of pyridine rings is 1. The number of hydrogen-bond acceptors (Lipinski definition) is 4. The van der Waals surface area contributed by atoms with Crippen LogP contribution in [0.5, 0.6) is 0 Å². The monoisotopic (exact) mass is 323 g/mol. The number of aryl methyl sites for hydroxylation is 2. The van der Waals surface area contributed by atoms with Crippen LogP contribution in [-0.2, 0) is 7.05 Å². The molecule has 0 atom stereocenters. The molecule has 24 heavy (non-hydrogen) atoms. The van der Waals surface area contributed by atoms with Crippen molar-refractivity contribution in [1.82, 2.24) is 9.55 Å². The van der Waals surface area contributed by atoms with E-state index in [1.807, 2.05) is 18.3 Å². The lowest BCUT2D eigenvalue weighted by Crippen LogP contribution is -2.33. The zero-order valence-electron chi connectivity index (χ0n) is 14.0. The summed E-state index contributed by atoms with van der Waals surface area (Å²) in [6.45, 7) is 3.85. The van der Waals surface area contributed by atoms with Crippen molar-refractivity contribution in [2.45, 2.75) is 25.7 Å². The summed E-state index contributed by atoms with van der Waals surface area (Å²) in [6.07, 6.45) is 3.86. The molecule has 1 aliphatic rings. The highest BCUT2D eigenvalue weighted by Crippen LogP contribution is 2.31. The first kappa shape index (κ1) is 15.0. The van der Waals surface area contributed by atoms with Gasteiger partial charge < -0.3 is 13.9 Å². The first-order valence-electron chi connectivity index (χ1n) is 8.39. The van der Waals surface area contributed by atoms with Gasteiger partial charge in [-0.2, -0.15) is 4.98 Å². The third-order valence-electron chi connectivity index (χ3n) is 4.90. The second-order valence-corrected chi connectivity index (χ2v) is 6.64. The lowest BCUT2D eigenvalue weighted by Gasteiger charge is -2.31. The van der Waals surface area contributed by atoms with E-state index in [9.17, 15) is 4.79 Å². The van der Waals surface area contributed by atoms with Gasteiger partial charge in [0.05, 0.1) is 0 Å². The van der Waals surface area contributed by atoms with Crippen LogP contribution < -0.4 is 10.5 Å². The number of rotatable bonds is 2. The Morgan fingerprint density at radius 1 is 1.17 bits per heavy atom. The van der Waals surface area contributed by atoms with Gasteiger partial charge in [-0.1, -0.05) is 6.07 Å². The van der Waals surface area contributed by atoms with Gasteiger partial charge in [-0.05, 0) is 55.0 Å². The Labute approximate surface area is 140 Å². The number of piperidine rings is 1. The molecule has 0 saturated carbocycles. The number of hydrogen-bond donors (Lipinski definition) is 0. The van der Waals surface area contributed by atoms with E-state index < -0.39 is 0 Å². The highest BCUT2D eigenvalue weighted by Gasteiger charge is 2.24. The molecule has 1 saturated heterocycles. The Hall–Kier alpha value is -2.56. The molecular formula is C19H21N3O2. The third kappa shape index (κ3) is 2.70. The first-order chi connectivity index (χ1) is 11.6. The van der Waals surface area contributed by atoms with Crippen LogP contribution in [0.3, 0.4) is 0 Å². The third-order valence-corrected chi connectivity index (χ3v) is 4.90. The molecule has 0 radical (unpaired) electrons. The number of aromatic nitrogens is 2. The fraction of sp³-hybridized carbons (Fsp3) is 0.368. The fourth-order valence-corrected chi connectivity index (χ4v) is 3.38. The summed E-state index contributed by atoms with van der Waals surface area (Å²) in [4.78, 5) is 18.7. The Morgan fingerprint density at radius 3 is 2.71 bits per heavy atom. The highest BCUT2D eigenvalue weighted by molar-refractivity contribution is 5.75. The van der Waals surface area contributed by atoms with E-state index in [1.165, 1.54) is 5.56 Å². The first-order valence-corrected chi connectivity index (χ1v) is 8.39. The molecule has 0 amide bonds. The predicted molar refractivity (Wildman–Crippen MR) is 94.6 cm³/mol. The van der Waals surface area contributed by atoms with Crippen LogP contribution in [0.4, 0.5) is 6.01 Å². The smallest absolute Gasteiger partial charge is 0.298 e. The zero-order valence-corrected chi connectivity index (χ0v) is 14.0. The van der Waals surface area contributed by atoms with Gasteiger partial charge in [-0.25, -0.2) is 0 Å². The van der Waals surface area contributed by atoms with Crippen LogP contribution in [-0.4, -0.2) is 22.6 Å². The summed E-state index contributed by atoms with van der Waals surface area (Å²) in [7, 11) is 1.78. The molecule has 124 valence electrons. The molecule has 1 fully saturated rings. The van der Waals surface area contributed by atoms with Gasteiger partial charge in [0.15, 0.2) is 5.58 Å². The van der Waals surface area contributed by atoms with Crippen LogP contribution >= 0.6 is 0 Å². The Balaban J connectivity index is 1.50. The van der Waals surface area contributed by atoms with Gasteiger partial charge >= 0.3 is 0 Å². The molecule has 5 heteroatoms. The van der Waals surface area contributed by atoms with Crippen molar-refractivity contribution >= 4 is 17.1 Å². The van der Waals surface area contributed by atoms with Gasteiger partial charge in [0.25, 0.3) is 11.6 Å². The highest BCUT2D eigenvalue weighted by atomic mass is 16.4. The van der Waals surface area contributed by atoms with Crippen LogP contribution in [0.15, 0.2) is 45.7 Å². The molecule has 5 nitrogen and oxygen atoms in total. The van der Waals surface area contributed by atoms with E-state index in [0.717, 1.165) is 42.6 Å². The minimum absolute atomic E-state index is 0.0595. The standard InChI is InChI=1S/C19H21N3O2/c1-13-3-4-17-16(11-13)20-19(24-17)22-9-6-14(7-10-22)15-5-8-21(2)18(23)12-15/h3-5,8,11-12,14H,6-7,9-10H2,1-2H3. The van der Waals surface area contributed by atoms with E-state index in [0.29, 0.717) is 11.9 Å². The topological polar surface area (TPSA) is 51.3 Å². The number of oxazole rings is 1. The van der Waals surface area contributed by atoms with Crippen molar-refractivity contribution in [2.24, 2.45) is 7.05 Å². The van der Waals surface area contributed by atoms with E-state index in [-0.39, 0.29) is 5.56 Å². The summed E-state index contributed by atoms with van der Waals surface area (Å²) in [5, 5.41) is 0. The second kappa shape index (κ2) is 5.82. The van der Waals surface area contributed by atoms with Crippen LogP contribution in [0.1, 0.15) is 29.9 Å². The fourth-order valence-electron chi connectivity index (χ4n) is 3.38. The average molecular weight is 323 g/mol. The molecular weight excluding hydrogens is 302 g/mol. The molecule has 0 bridgehead atoms. The van der Waals surface area contributed by atoms with Crippen molar-refractivity contribution in [3.05, 3.63) is 58.0 Å². The lowest BCUT2D eigenvalue weighted by atomic mass is 9.90. The van der Waals surface area contributed by atoms with Crippen molar-refractivity contribution in [1.29, 1.82) is 0 Å². The SMILES string of the molecule is Cc1ccc2oc(N3CCC(c4ccn(C)c(=O)c4)CC3)nc2c1. The second-order valence-electron chi connectivity index (χ2n) is 6.64. The normalized spacial score (nSPS) is 16.0. The van der Waals surface area contributed by atoms with Crippen molar-refractivity contribution in [3.63, 3.8) is 0 Å². The van der Waals surface area contributed by atoms with E-state index >= 15 is 0 Å². The van der Waals surface area contributed by atoms with Crippen molar-refractivity contribution < 1.29 is 4.42 Å². The summed E-state index contributed by atoms with van der Waals surface area (Å²) in [5.41, 5.74) is 4.14. The van der Waals surface area contributed by atoms with Crippen molar-refractivity contribution in [3.8, 4) is 0 Å². The Bertz CT molecular complexity index is 933. The molecule has 0 unspecified atom stereocenters. The maximum absolute atomic E-state index is 11.8. The Kier molecular flexibility index (Phi) is 3.63. The molecule has 0 aliphatic carbocycles. The van der Waals surface area contributed by atoms with Gasteiger partial charge in [0.1, 0.15) is 5.52 Å². The Morgan fingerprint density at radius 2 is 1.96 bits per heavy atom. The average Bonchev–Trinajstić information content (AvgIpc) is 3.00. The molecule has 4 rings (SSSR count). The predicted octanol–water partition coefficient (Wildman–Crippen LogP) is 3.22. The molecule has 3 aromatic rings. The maximum Gasteiger partial charge on any atom is 0.298 e. The molecule has 0 N–H and O–H groups in total. The number of fused-ring (bicyclic) bond motifs is 1. The minimum Gasteiger partial charge on any atom is -0.423 e. The van der Waals surface area contributed by atoms with Gasteiger partial charge in [0.2, 0.25) is 0 Å². The maximum atomic E-state index is 11.8. The number of nitrogens with zero attached hydrogens (tertiary/aromatic N) is 3. The summed E-state index contributed by atoms with van der Waals surface area (Å²) in [6, 6.07) is 10.6. The van der Waals surface area contributed by atoms with Crippen molar-refractivity contribution in [2.75, 3.05) is 18.0 Å². The van der Waals surface area contributed by atoms with E-state index in [1.54, 1.807) is 17.7 Å². The van der Waals surface area contributed by atoms with E-state index in [2.05, 4.69) is 28.9 Å². The summed E-state index contributed by atoms with van der Waals surface area (Å²) >= 11 is 0. The van der Waals surface area contributed by atoms with Crippen LogP contribution in [0, 0.1) is 6.92 Å². The van der Waals surface area contributed by atoms with Crippen LogP contribution in [0.2, 0.25) is 0 Å². The van der Waals surface area contributed by atoms with Gasteiger partial charge in [0, 0.05) is 32.4 Å². The molecule has 3 heterocycles. The number of benzene rings is 1. The molecule has 1 aliphatic heterocycles. The van der Waals surface area contributed by atoms with Crippen LogP contribution in [0.25, 0.3) is 11.1 Å².